The maximum absolute atomic E-state index is 12.7. The molecule has 1 aliphatic carbocycles. The van der Waals surface area contributed by atoms with Gasteiger partial charge < -0.3 is 9.88 Å². The Kier molecular flexibility index (Phi) is 4.56. The Balaban J connectivity index is 2.33. The van der Waals surface area contributed by atoms with Gasteiger partial charge in [-0.1, -0.05) is 6.42 Å². The molecule has 0 atom stereocenters. The highest BCUT2D eigenvalue weighted by molar-refractivity contribution is 7.89. The van der Waals surface area contributed by atoms with E-state index in [0.717, 1.165) is 25.0 Å². The van der Waals surface area contributed by atoms with Crippen LogP contribution in [0.3, 0.4) is 0 Å². The number of aromatic nitrogens is 1. The molecule has 0 saturated heterocycles. The summed E-state index contributed by atoms with van der Waals surface area (Å²) in [6, 6.07) is 2.22. The summed E-state index contributed by atoms with van der Waals surface area (Å²) in [4.78, 5) is 0.408. The fourth-order valence-corrected chi connectivity index (χ4v) is 4.02. The third kappa shape index (κ3) is 2.77. The Morgan fingerprint density at radius 3 is 2.55 bits per heavy atom. The van der Waals surface area contributed by atoms with Crippen LogP contribution < -0.4 is 5.32 Å². The molecule has 0 unspecified atom stereocenters. The van der Waals surface area contributed by atoms with Crippen molar-refractivity contribution < 1.29 is 8.42 Å². The monoisotopic (exact) mass is 299 g/mol. The van der Waals surface area contributed by atoms with Gasteiger partial charge in [0.15, 0.2) is 0 Å². The van der Waals surface area contributed by atoms with Gasteiger partial charge in [-0.3, -0.25) is 0 Å². The van der Waals surface area contributed by atoms with Crippen LogP contribution in [0.5, 0.6) is 0 Å². The van der Waals surface area contributed by atoms with Gasteiger partial charge in [0.2, 0.25) is 10.0 Å². The zero-order valence-electron chi connectivity index (χ0n) is 12.8. The second kappa shape index (κ2) is 5.87. The normalized spacial score (nSPS) is 16.9. The average Bonchev–Trinajstić information content (AvgIpc) is 2.72. The maximum atomic E-state index is 12.7. The molecular weight excluding hydrogens is 274 g/mol. The summed E-state index contributed by atoms with van der Waals surface area (Å²) in [6.07, 6.45) is 4.85. The zero-order chi connectivity index (χ0) is 14.9. The van der Waals surface area contributed by atoms with Crippen molar-refractivity contribution in [3.05, 3.63) is 18.0 Å². The minimum absolute atomic E-state index is 0.176. The predicted molar refractivity (Wildman–Crippen MR) is 80.2 cm³/mol. The van der Waals surface area contributed by atoms with Gasteiger partial charge in [-0.05, 0) is 39.8 Å². The van der Waals surface area contributed by atoms with Crippen LogP contribution in [0.2, 0.25) is 0 Å². The Hall–Kier alpha value is -0.850. The van der Waals surface area contributed by atoms with E-state index >= 15 is 0 Å². The van der Waals surface area contributed by atoms with E-state index in [2.05, 4.69) is 19.2 Å². The van der Waals surface area contributed by atoms with E-state index in [4.69, 9.17) is 0 Å². The van der Waals surface area contributed by atoms with E-state index in [-0.39, 0.29) is 12.1 Å². The van der Waals surface area contributed by atoms with Crippen molar-refractivity contribution in [2.24, 2.45) is 0 Å². The number of hydrogen-bond acceptors (Lipinski definition) is 3. The van der Waals surface area contributed by atoms with Crippen molar-refractivity contribution in [3.8, 4) is 0 Å². The predicted octanol–water partition coefficient (Wildman–Crippen LogP) is 1.96. The molecule has 0 spiro atoms. The van der Waals surface area contributed by atoms with Crippen LogP contribution in [0.4, 0.5) is 0 Å². The Morgan fingerprint density at radius 1 is 1.45 bits per heavy atom. The van der Waals surface area contributed by atoms with Gasteiger partial charge >= 0.3 is 0 Å². The van der Waals surface area contributed by atoms with Crippen LogP contribution in [0.15, 0.2) is 17.2 Å². The van der Waals surface area contributed by atoms with Crippen molar-refractivity contribution in [2.45, 2.75) is 56.6 Å². The lowest BCUT2D eigenvalue weighted by atomic mass is 9.94. The Bertz CT molecular complexity index is 559. The van der Waals surface area contributed by atoms with E-state index < -0.39 is 10.0 Å². The summed E-state index contributed by atoms with van der Waals surface area (Å²) in [6.45, 7) is 4.79. The van der Waals surface area contributed by atoms with Gasteiger partial charge in [-0.25, -0.2) is 8.42 Å². The van der Waals surface area contributed by atoms with Gasteiger partial charge in [0.25, 0.3) is 0 Å². The third-order valence-electron chi connectivity index (χ3n) is 4.09. The molecule has 0 amide bonds. The first-order chi connectivity index (χ1) is 9.37. The third-order valence-corrected chi connectivity index (χ3v) is 5.96. The molecule has 1 heterocycles. The maximum Gasteiger partial charge on any atom is 0.244 e. The van der Waals surface area contributed by atoms with Crippen LogP contribution in [0.1, 0.15) is 44.8 Å². The molecule has 0 bridgehead atoms. The second-order valence-corrected chi connectivity index (χ2v) is 7.80. The fourth-order valence-electron chi connectivity index (χ4n) is 2.55. The lowest BCUT2D eigenvalue weighted by molar-refractivity contribution is 0.249. The molecule has 20 heavy (non-hydrogen) atoms. The van der Waals surface area contributed by atoms with E-state index in [1.54, 1.807) is 23.6 Å². The van der Waals surface area contributed by atoms with E-state index in [1.165, 1.54) is 0 Å². The van der Waals surface area contributed by atoms with E-state index in [1.807, 2.05) is 11.6 Å². The summed E-state index contributed by atoms with van der Waals surface area (Å²) in [5.74, 6) is 0. The summed E-state index contributed by atoms with van der Waals surface area (Å²) >= 11 is 0. The van der Waals surface area contributed by atoms with Crippen LogP contribution in [-0.4, -0.2) is 37.4 Å². The standard InChI is InChI=1S/C14H25N3O2S/c1-11(2)17-10-14(8-13(17)9-15-3)20(18,19)16(4)12-6-5-7-12/h8,10-12,15H,5-7,9H2,1-4H3. The molecule has 0 aromatic carbocycles. The zero-order valence-corrected chi connectivity index (χ0v) is 13.6. The van der Waals surface area contributed by atoms with Crippen molar-refractivity contribution in [1.29, 1.82) is 0 Å². The highest BCUT2D eigenvalue weighted by Gasteiger charge is 2.32. The van der Waals surface area contributed by atoms with Crippen molar-refractivity contribution in [2.75, 3.05) is 14.1 Å². The molecule has 1 saturated carbocycles. The molecule has 114 valence electrons. The van der Waals surface area contributed by atoms with Gasteiger partial charge in [0, 0.05) is 37.6 Å². The van der Waals surface area contributed by atoms with E-state index in [9.17, 15) is 8.42 Å². The first kappa shape index (κ1) is 15.5. The molecule has 6 heteroatoms. The van der Waals surface area contributed by atoms with Gasteiger partial charge in [-0.2, -0.15) is 4.31 Å². The molecule has 2 rings (SSSR count). The quantitative estimate of drug-likeness (QED) is 0.873. The average molecular weight is 299 g/mol. The molecule has 0 aliphatic heterocycles. The first-order valence-electron chi connectivity index (χ1n) is 7.21. The second-order valence-electron chi connectivity index (χ2n) is 5.80. The highest BCUT2D eigenvalue weighted by atomic mass is 32.2. The summed E-state index contributed by atoms with van der Waals surface area (Å²) in [5.41, 5.74) is 1.00. The first-order valence-corrected chi connectivity index (χ1v) is 8.65. The molecular formula is C14H25N3O2S. The lowest BCUT2D eigenvalue weighted by Gasteiger charge is -2.33. The largest absolute Gasteiger partial charge is 0.346 e. The summed E-state index contributed by atoms with van der Waals surface area (Å²) in [5, 5.41) is 3.09. The van der Waals surface area contributed by atoms with Crippen LogP contribution in [0.25, 0.3) is 0 Å². The topological polar surface area (TPSA) is 54.3 Å². The van der Waals surface area contributed by atoms with Crippen LogP contribution in [0, 0.1) is 0 Å². The minimum Gasteiger partial charge on any atom is -0.346 e. The molecule has 1 fully saturated rings. The molecule has 5 nitrogen and oxygen atoms in total. The smallest absolute Gasteiger partial charge is 0.244 e. The van der Waals surface area contributed by atoms with Crippen molar-refractivity contribution in [3.63, 3.8) is 0 Å². The van der Waals surface area contributed by atoms with Crippen LogP contribution in [-0.2, 0) is 16.6 Å². The Morgan fingerprint density at radius 2 is 2.10 bits per heavy atom. The molecule has 0 radical (unpaired) electrons. The minimum atomic E-state index is -3.37. The number of nitrogens with one attached hydrogen (secondary N) is 1. The molecule has 1 aromatic rings. The Labute approximate surface area is 122 Å². The summed E-state index contributed by atoms with van der Waals surface area (Å²) < 4.78 is 28.9. The van der Waals surface area contributed by atoms with E-state index in [0.29, 0.717) is 11.4 Å². The lowest BCUT2D eigenvalue weighted by Crippen LogP contribution is -2.41. The van der Waals surface area contributed by atoms with Gasteiger partial charge in [0.1, 0.15) is 4.90 Å². The fraction of sp³-hybridized carbons (Fsp3) is 0.714. The number of nitrogens with zero attached hydrogens (tertiary/aromatic N) is 2. The number of hydrogen-bond donors (Lipinski definition) is 1. The van der Waals surface area contributed by atoms with Crippen LogP contribution >= 0.6 is 0 Å². The number of sulfonamides is 1. The van der Waals surface area contributed by atoms with Crippen molar-refractivity contribution >= 4 is 10.0 Å². The number of rotatable bonds is 6. The summed E-state index contributed by atoms with van der Waals surface area (Å²) in [7, 11) is 0.198. The highest BCUT2D eigenvalue weighted by Crippen LogP contribution is 2.29. The molecule has 1 N–H and O–H groups in total. The van der Waals surface area contributed by atoms with Crippen molar-refractivity contribution in [1.82, 2.24) is 14.2 Å². The molecule has 1 aliphatic rings. The molecule has 1 aromatic heterocycles. The van der Waals surface area contributed by atoms with Gasteiger partial charge in [0.05, 0.1) is 0 Å². The van der Waals surface area contributed by atoms with Gasteiger partial charge in [-0.15, -0.1) is 0 Å². The SMILES string of the molecule is CNCc1cc(S(=O)(=O)N(C)C2CCC2)cn1C(C)C.